The van der Waals surface area contributed by atoms with E-state index < -0.39 is 11.6 Å². The van der Waals surface area contributed by atoms with Crippen molar-refractivity contribution in [3.8, 4) is 0 Å². The van der Waals surface area contributed by atoms with Crippen molar-refractivity contribution in [1.82, 2.24) is 19.8 Å². The number of rotatable bonds is 6. The maximum atomic E-state index is 13.6. The molecule has 2 fully saturated rings. The molecule has 0 radical (unpaired) electrons. The number of aromatic amines is 1. The molecule has 2 aliphatic heterocycles. The van der Waals surface area contributed by atoms with Gasteiger partial charge < -0.3 is 24.7 Å². The van der Waals surface area contributed by atoms with E-state index in [-0.39, 0.29) is 36.9 Å². The first-order valence-corrected chi connectivity index (χ1v) is 13.7. The van der Waals surface area contributed by atoms with Crippen LogP contribution < -0.4 is 5.32 Å². The number of hydrogen-bond acceptors (Lipinski definition) is 7. The van der Waals surface area contributed by atoms with E-state index in [4.69, 9.17) is 21.1 Å². The van der Waals surface area contributed by atoms with Crippen molar-refractivity contribution in [1.29, 1.82) is 0 Å². The molecule has 10 nitrogen and oxygen atoms in total. The number of H-pyrrole nitrogens is 1. The van der Waals surface area contributed by atoms with Crippen molar-refractivity contribution < 1.29 is 23.9 Å². The molecule has 0 aliphatic carbocycles. The average molecular weight is 556 g/mol. The van der Waals surface area contributed by atoms with E-state index >= 15 is 0 Å². The van der Waals surface area contributed by atoms with E-state index in [1.165, 1.54) is 0 Å². The molecule has 208 valence electrons. The molecule has 0 bridgehead atoms. The van der Waals surface area contributed by atoms with Crippen LogP contribution >= 0.6 is 11.6 Å². The highest BCUT2D eigenvalue weighted by Gasteiger charge is 2.40. The number of nitrogens with one attached hydrogen (secondary N) is 2. The number of fused-ring (bicyclic) bond motifs is 3. The lowest BCUT2D eigenvalue weighted by Gasteiger charge is -2.43. The van der Waals surface area contributed by atoms with Crippen LogP contribution in [0.1, 0.15) is 33.6 Å². The van der Waals surface area contributed by atoms with Crippen LogP contribution in [0.3, 0.4) is 0 Å². The number of morpholine rings is 1. The number of carbonyl (C=O) groups is 3. The Morgan fingerprint density at radius 2 is 2.10 bits per heavy atom. The second-order valence-corrected chi connectivity index (χ2v) is 11.3. The monoisotopic (exact) mass is 555 g/mol. The fraction of sp³-hybridized carbons (Fsp3) is 0.500. The fourth-order valence-electron chi connectivity index (χ4n) is 5.52. The smallest absolute Gasteiger partial charge is 0.310 e. The Hall–Kier alpha value is -3.21. The predicted octanol–water partition coefficient (Wildman–Crippen LogP) is 3.59. The summed E-state index contributed by atoms with van der Waals surface area (Å²) < 4.78 is 11.2. The van der Waals surface area contributed by atoms with Gasteiger partial charge in [0.2, 0.25) is 11.8 Å². The zero-order chi connectivity index (χ0) is 27.7. The minimum Gasteiger partial charge on any atom is -0.466 e. The maximum absolute atomic E-state index is 13.6. The minimum atomic E-state index is -0.687. The summed E-state index contributed by atoms with van der Waals surface area (Å²) >= 11 is 6.43. The summed E-state index contributed by atoms with van der Waals surface area (Å²) in [5, 5.41) is 5.34. The number of amides is 2. The van der Waals surface area contributed by atoms with Gasteiger partial charge in [-0.3, -0.25) is 24.3 Å². The molecule has 2 N–H and O–H groups in total. The van der Waals surface area contributed by atoms with Gasteiger partial charge in [-0.05, 0) is 51.8 Å². The van der Waals surface area contributed by atoms with E-state index in [2.05, 4.69) is 15.3 Å². The molecule has 39 heavy (non-hydrogen) atoms. The number of ether oxygens (including phenoxy) is 2. The lowest BCUT2D eigenvalue weighted by molar-refractivity contribution is -0.154. The van der Waals surface area contributed by atoms with Crippen molar-refractivity contribution in [3.63, 3.8) is 0 Å². The van der Waals surface area contributed by atoms with Crippen molar-refractivity contribution in [2.45, 2.75) is 45.3 Å². The fourth-order valence-corrected chi connectivity index (χ4v) is 5.74. The Bertz CT molecular complexity index is 1410. The normalized spacial score (nSPS) is 21.7. The largest absolute Gasteiger partial charge is 0.466 e. The quantitative estimate of drug-likeness (QED) is 0.446. The van der Waals surface area contributed by atoms with E-state index in [0.717, 1.165) is 28.2 Å². The van der Waals surface area contributed by atoms with E-state index in [1.807, 2.05) is 30.9 Å². The summed E-state index contributed by atoms with van der Waals surface area (Å²) in [4.78, 5) is 50.4. The van der Waals surface area contributed by atoms with Crippen LogP contribution in [0.5, 0.6) is 0 Å². The predicted molar refractivity (Wildman–Crippen MR) is 149 cm³/mol. The van der Waals surface area contributed by atoms with Crippen LogP contribution in [0.2, 0.25) is 5.02 Å². The zero-order valence-electron chi connectivity index (χ0n) is 22.5. The van der Waals surface area contributed by atoms with Gasteiger partial charge in [0.15, 0.2) is 0 Å². The highest BCUT2D eigenvalue weighted by atomic mass is 35.5. The van der Waals surface area contributed by atoms with Gasteiger partial charge in [-0.15, -0.1) is 0 Å². The molecule has 2 aliphatic rings. The van der Waals surface area contributed by atoms with Gasteiger partial charge in [-0.25, -0.2) is 0 Å². The number of benzene rings is 1. The third kappa shape index (κ3) is 5.88. The van der Waals surface area contributed by atoms with Gasteiger partial charge in [0.25, 0.3) is 0 Å². The van der Waals surface area contributed by atoms with Crippen molar-refractivity contribution in [2.24, 2.45) is 5.92 Å². The standard InChI is InChI=1S/C28H34ClN5O5/c1-4-38-27(37)17-6-5-9-33(13-17)24(35)14-34-16-28(2,3)39-15-23(34)26(36)32-21-11-18(29)10-20-19-7-8-30-12-22(19)31-25(20)21/h7-8,10-12,17,23,31H,4-6,9,13-16H2,1-3H3,(H,32,36)/t17?,23-/m0/s1. The number of esters is 1. The zero-order valence-corrected chi connectivity index (χ0v) is 23.2. The molecule has 5 rings (SSSR count). The lowest BCUT2D eigenvalue weighted by atomic mass is 9.98. The van der Waals surface area contributed by atoms with Gasteiger partial charge in [-0.2, -0.15) is 0 Å². The molecular weight excluding hydrogens is 522 g/mol. The Morgan fingerprint density at radius 3 is 2.90 bits per heavy atom. The van der Waals surface area contributed by atoms with Gasteiger partial charge in [0.1, 0.15) is 6.04 Å². The van der Waals surface area contributed by atoms with Crippen LogP contribution in [0.4, 0.5) is 5.69 Å². The summed E-state index contributed by atoms with van der Waals surface area (Å²) in [5.74, 6) is -0.991. The third-order valence-corrected chi connectivity index (χ3v) is 7.64. The van der Waals surface area contributed by atoms with Gasteiger partial charge in [0, 0.05) is 41.6 Å². The number of halogens is 1. The van der Waals surface area contributed by atoms with Crippen LogP contribution in [-0.4, -0.2) is 88.6 Å². The topological polar surface area (TPSA) is 117 Å². The lowest BCUT2D eigenvalue weighted by Crippen LogP contribution is -2.60. The highest BCUT2D eigenvalue weighted by molar-refractivity contribution is 6.33. The number of nitrogens with zero attached hydrogens (tertiary/aromatic N) is 3. The SMILES string of the molecule is CCOC(=O)C1CCCN(C(=O)CN2CC(C)(C)OC[C@H]2C(=O)Nc2cc(Cl)cc3c2[nH]c2cnccc23)C1. The number of hydrogen-bond donors (Lipinski definition) is 2. The van der Waals surface area contributed by atoms with E-state index in [0.29, 0.717) is 43.4 Å². The van der Waals surface area contributed by atoms with Crippen LogP contribution in [0, 0.1) is 5.92 Å². The minimum absolute atomic E-state index is 0.0451. The maximum Gasteiger partial charge on any atom is 0.310 e. The Morgan fingerprint density at radius 1 is 1.28 bits per heavy atom. The summed E-state index contributed by atoms with van der Waals surface area (Å²) in [5.41, 5.74) is 1.60. The summed E-state index contributed by atoms with van der Waals surface area (Å²) in [6.07, 6.45) is 4.88. The van der Waals surface area contributed by atoms with Crippen LogP contribution in [0.15, 0.2) is 30.6 Å². The van der Waals surface area contributed by atoms with Crippen molar-refractivity contribution >= 4 is 56.9 Å². The second kappa shape index (κ2) is 11.1. The molecule has 2 aromatic heterocycles. The van der Waals surface area contributed by atoms with Gasteiger partial charge in [0.05, 0.1) is 54.2 Å². The first-order valence-electron chi connectivity index (χ1n) is 13.3. The van der Waals surface area contributed by atoms with Crippen LogP contribution in [0.25, 0.3) is 21.8 Å². The van der Waals surface area contributed by atoms with Crippen LogP contribution in [-0.2, 0) is 23.9 Å². The molecule has 2 atom stereocenters. The Kier molecular flexibility index (Phi) is 7.80. The molecule has 0 saturated carbocycles. The molecule has 3 aromatic rings. The summed E-state index contributed by atoms with van der Waals surface area (Å²) in [6.45, 7) is 7.46. The molecule has 2 saturated heterocycles. The molecule has 1 aromatic carbocycles. The van der Waals surface area contributed by atoms with E-state index in [9.17, 15) is 14.4 Å². The molecule has 1 unspecified atom stereocenters. The highest BCUT2D eigenvalue weighted by Crippen LogP contribution is 2.33. The molecular formula is C28H34ClN5O5. The molecule has 2 amide bonds. The number of likely N-dealkylation sites (tertiary alicyclic amines) is 1. The number of anilines is 1. The Labute approximate surface area is 232 Å². The van der Waals surface area contributed by atoms with Crippen molar-refractivity contribution in [2.75, 3.05) is 44.7 Å². The first kappa shape index (κ1) is 27.4. The number of carbonyl (C=O) groups excluding carboxylic acids is 3. The van der Waals surface area contributed by atoms with E-state index in [1.54, 1.807) is 30.3 Å². The number of pyridine rings is 1. The summed E-state index contributed by atoms with van der Waals surface area (Å²) in [6, 6.07) is 4.77. The second-order valence-electron chi connectivity index (χ2n) is 10.8. The van der Waals surface area contributed by atoms with Gasteiger partial charge in [-0.1, -0.05) is 11.6 Å². The first-order chi connectivity index (χ1) is 18.6. The summed E-state index contributed by atoms with van der Waals surface area (Å²) in [7, 11) is 0. The third-order valence-electron chi connectivity index (χ3n) is 7.42. The number of aromatic nitrogens is 2. The molecule has 4 heterocycles. The number of piperidine rings is 1. The average Bonchev–Trinajstić information content (AvgIpc) is 3.27. The van der Waals surface area contributed by atoms with Gasteiger partial charge >= 0.3 is 5.97 Å². The van der Waals surface area contributed by atoms with Crippen molar-refractivity contribution in [3.05, 3.63) is 35.6 Å². The molecule has 11 heteroatoms. The molecule has 0 spiro atoms. The Balaban J connectivity index is 1.34.